The Labute approximate surface area is 150 Å². The largest absolute Gasteiger partial charge is 0.416 e. The molecule has 0 amide bonds. The van der Waals surface area contributed by atoms with Crippen LogP contribution in [0.15, 0.2) is 47.8 Å². The maximum Gasteiger partial charge on any atom is 0.416 e. The van der Waals surface area contributed by atoms with E-state index in [1.165, 1.54) is 31.2 Å². The third-order valence-electron chi connectivity index (χ3n) is 5.98. The van der Waals surface area contributed by atoms with Crippen molar-refractivity contribution in [3.8, 4) is 0 Å². The molecule has 2 aliphatic carbocycles. The minimum absolute atomic E-state index is 0.160. The molecule has 1 saturated carbocycles. The van der Waals surface area contributed by atoms with Crippen LogP contribution in [0, 0.1) is 11.8 Å². The predicted molar refractivity (Wildman–Crippen MR) is 92.1 cm³/mol. The minimum atomic E-state index is -4.47. The summed E-state index contributed by atoms with van der Waals surface area (Å²) in [5.74, 6) is 0.177. The second-order valence-corrected chi connectivity index (χ2v) is 7.79. The summed E-state index contributed by atoms with van der Waals surface area (Å²) >= 11 is 0. The third kappa shape index (κ3) is 3.45. The molecule has 3 rings (SSSR count). The van der Waals surface area contributed by atoms with Gasteiger partial charge in [0.2, 0.25) is 0 Å². The van der Waals surface area contributed by atoms with Gasteiger partial charge in [-0.2, -0.15) is 13.2 Å². The molecule has 0 nitrogen and oxygen atoms in total. The van der Waals surface area contributed by atoms with E-state index in [0.717, 1.165) is 37.8 Å². The number of hydrogen-bond acceptors (Lipinski definition) is 0. The van der Waals surface area contributed by atoms with E-state index in [-0.39, 0.29) is 11.5 Å². The van der Waals surface area contributed by atoms with E-state index in [1.54, 1.807) is 0 Å². The summed E-state index contributed by atoms with van der Waals surface area (Å²) < 4.78 is 68.1. The van der Waals surface area contributed by atoms with E-state index in [4.69, 9.17) is 0 Å². The van der Waals surface area contributed by atoms with Crippen molar-refractivity contribution in [2.24, 2.45) is 11.8 Å². The molecule has 0 heterocycles. The lowest BCUT2D eigenvalue weighted by atomic mass is 9.70. The summed E-state index contributed by atoms with van der Waals surface area (Å²) in [6.07, 6.45) is 0.700. The molecule has 1 aromatic carbocycles. The zero-order valence-corrected chi connectivity index (χ0v) is 14.9. The Kier molecular flexibility index (Phi) is 5.02. The van der Waals surface area contributed by atoms with Gasteiger partial charge in [-0.25, -0.2) is 8.78 Å². The average Bonchev–Trinajstić information content (AvgIpc) is 2.59. The number of rotatable bonds is 2. The lowest BCUT2D eigenvalue weighted by Crippen LogP contribution is -2.36. The fourth-order valence-electron chi connectivity index (χ4n) is 3.96. The first-order valence-corrected chi connectivity index (χ1v) is 9.03. The average molecular weight is 370 g/mol. The summed E-state index contributed by atoms with van der Waals surface area (Å²) in [6, 6.07) is 4.10. The van der Waals surface area contributed by atoms with E-state index < -0.39 is 29.2 Å². The van der Waals surface area contributed by atoms with Crippen molar-refractivity contribution in [3.63, 3.8) is 0 Å². The standard InChI is InChI=1S/C21H23F5/c1-13-3-5-14(6-4-13)15-11-18(22)20(2,19(23)12-15)16-7-9-17(10-8-16)21(24,25)26/h7-14,18H,3-6H2,1-2H3. The Hall–Kier alpha value is -1.65. The Balaban J connectivity index is 1.86. The van der Waals surface area contributed by atoms with Gasteiger partial charge in [0, 0.05) is 0 Å². The molecule has 2 aliphatic rings. The highest BCUT2D eigenvalue weighted by Crippen LogP contribution is 2.45. The Morgan fingerprint density at radius 2 is 1.58 bits per heavy atom. The molecular formula is C21H23F5. The smallest absolute Gasteiger partial charge is 0.241 e. The molecule has 0 aliphatic heterocycles. The van der Waals surface area contributed by atoms with Gasteiger partial charge >= 0.3 is 6.18 Å². The number of benzene rings is 1. The fourth-order valence-corrected chi connectivity index (χ4v) is 3.96. The van der Waals surface area contributed by atoms with Gasteiger partial charge in [-0.1, -0.05) is 31.9 Å². The van der Waals surface area contributed by atoms with Crippen molar-refractivity contribution < 1.29 is 22.0 Å². The summed E-state index contributed by atoms with van der Waals surface area (Å²) in [5, 5.41) is 0. The highest BCUT2D eigenvalue weighted by molar-refractivity contribution is 5.45. The molecule has 0 bridgehead atoms. The normalized spacial score (nSPS) is 32.8. The number of allylic oxidation sites excluding steroid dienone is 4. The Morgan fingerprint density at radius 1 is 1.00 bits per heavy atom. The first-order chi connectivity index (χ1) is 12.1. The summed E-state index contributed by atoms with van der Waals surface area (Å²) in [6.45, 7) is 3.59. The highest BCUT2D eigenvalue weighted by Gasteiger charge is 2.43. The molecule has 0 spiro atoms. The van der Waals surface area contributed by atoms with Gasteiger partial charge in [0.15, 0.2) is 0 Å². The molecule has 2 atom stereocenters. The van der Waals surface area contributed by atoms with Crippen LogP contribution in [0.1, 0.15) is 50.7 Å². The molecule has 0 N–H and O–H groups in total. The number of hydrogen-bond donors (Lipinski definition) is 0. The van der Waals surface area contributed by atoms with Crippen molar-refractivity contribution in [3.05, 3.63) is 58.9 Å². The van der Waals surface area contributed by atoms with Gasteiger partial charge in [0.1, 0.15) is 12.0 Å². The van der Waals surface area contributed by atoms with Crippen LogP contribution in [0.4, 0.5) is 22.0 Å². The molecule has 0 saturated heterocycles. The van der Waals surface area contributed by atoms with Gasteiger partial charge in [0.25, 0.3) is 0 Å². The van der Waals surface area contributed by atoms with E-state index in [1.807, 2.05) is 0 Å². The number of halogens is 5. The van der Waals surface area contributed by atoms with E-state index >= 15 is 4.39 Å². The van der Waals surface area contributed by atoms with Crippen molar-refractivity contribution >= 4 is 0 Å². The second kappa shape index (κ2) is 6.82. The zero-order chi connectivity index (χ0) is 19.1. The van der Waals surface area contributed by atoms with Crippen LogP contribution in [-0.4, -0.2) is 6.17 Å². The van der Waals surface area contributed by atoms with Crippen LogP contribution in [0.2, 0.25) is 0 Å². The van der Waals surface area contributed by atoms with E-state index in [9.17, 15) is 17.6 Å². The van der Waals surface area contributed by atoms with Crippen molar-refractivity contribution in [2.75, 3.05) is 0 Å². The molecule has 5 heteroatoms. The SMILES string of the molecule is CC1CCC(C2=CC(F)C(C)(c3ccc(C(F)(F)F)cc3)C(F)=C2)CC1. The Morgan fingerprint density at radius 3 is 2.08 bits per heavy atom. The van der Waals surface area contributed by atoms with Crippen molar-refractivity contribution in [2.45, 2.75) is 57.3 Å². The van der Waals surface area contributed by atoms with Crippen LogP contribution in [-0.2, 0) is 11.6 Å². The van der Waals surface area contributed by atoms with Gasteiger partial charge in [-0.05, 0) is 67.0 Å². The molecule has 0 radical (unpaired) electrons. The quantitative estimate of drug-likeness (QED) is 0.496. The maximum atomic E-state index is 15.0. The van der Waals surface area contributed by atoms with Crippen molar-refractivity contribution in [1.29, 1.82) is 0 Å². The number of alkyl halides is 4. The maximum absolute atomic E-state index is 15.0. The summed E-state index contributed by atoms with van der Waals surface area (Å²) in [4.78, 5) is 0. The summed E-state index contributed by atoms with van der Waals surface area (Å²) in [7, 11) is 0. The highest BCUT2D eigenvalue weighted by atomic mass is 19.4. The van der Waals surface area contributed by atoms with Crippen LogP contribution in [0.3, 0.4) is 0 Å². The zero-order valence-electron chi connectivity index (χ0n) is 14.9. The van der Waals surface area contributed by atoms with E-state index in [0.29, 0.717) is 11.5 Å². The van der Waals surface area contributed by atoms with Gasteiger partial charge < -0.3 is 0 Å². The molecule has 1 aromatic rings. The monoisotopic (exact) mass is 370 g/mol. The molecule has 142 valence electrons. The van der Waals surface area contributed by atoms with Crippen molar-refractivity contribution in [1.82, 2.24) is 0 Å². The molecule has 2 unspecified atom stereocenters. The molecule has 1 fully saturated rings. The predicted octanol–water partition coefficient (Wildman–Crippen LogP) is 6.92. The lowest BCUT2D eigenvalue weighted by molar-refractivity contribution is -0.137. The molecule has 0 aromatic heterocycles. The minimum Gasteiger partial charge on any atom is -0.241 e. The van der Waals surface area contributed by atoms with E-state index in [2.05, 4.69) is 6.92 Å². The molecular weight excluding hydrogens is 347 g/mol. The topological polar surface area (TPSA) is 0 Å². The fraction of sp³-hybridized carbons (Fsp3) is 0.524. The molecule has 26 heavy (non-hydrogen) atoms. The van der Waals surface area contributed by atoms with Crippen LogP contribution < -0.4 is 0 Å². The second-order valence-electron chi connectivity index (χ2n) is 7.79. The Bertz CT molecular complexity index is 705. The van der Waals surface area contributed by atoms with Crippen LogP contribution in [0.25, 0.3) is 0 Å². The van der Waals surface area contributed by atoms with Gasteiger partial charge in [-0.3, -0.25) is 0 Å². The summed E-state index contributed by atoms with van der Waals surface area (Å²) in [5.41, 5.74) is -1.52. The first-order valence-electron chi connectivity index (χ1n) is 9.03. The third-order valence-corrected chi connectivity index (χ3v) is 5.98. The van der Waals surface area contributed by atoms with Crippen LogP contribution >= 0.6 is 0 Å². The van der Waals surface area contributed by atoms with Gasteiger partial charge in [-0.15, -0.1) is 0 Å². The lowest BCUT2D eigenvalue weighted by Gasteiger charge is -2.36. The van der Waals surface area contributed by atoms with Gasteiger partial charge in [0.05, 0.1) is 11.0 Å². The first kappa shape index (κ1) is 19.1. The van der Waals surface area contributed by atoms with Crippen LogP contribution in [0.5, 0.6) is 0 Å².